The molecule has 3 aromatic rings. The normalized spacial score (nSPS) is 16.5. The van der Waals surface area contributed by atoms with Crippen LogP contribution in [0.1, 0.15) is 27.8 Å². The fraction of sp³-hybridized carbons (Fsp3) is 0.350. The van der Waals surface area contributed by atoms with Crippen molar-refractivity contribution in [3.8, 4) is 0 Å². The first-order valence-corrected chi connectivity index (χ1v) is 9.65. The Balaban J connectivity index is 1.46. The van der Waals surface area contributed by atoms with E-state index in [0.29, 0.717) is 42.7 Å². The Kier molecular flexibility index (Phi) is 5.30. The highest BCUT2D eigenvalue weighted by Gasteiger charge is 2.29. The van der Waals surface area contributed by atoms with Crippen LogP contribution in [0.2, 0.25) is 5.02 Å². The molecule has 28 heavy (non-hydrogen) atoms. The molecule has 7 nitrogen and oxygen atoms in total. The van der Waals surface area contributed by atoms with E-state index in [4.69, 9.17) is 11.6 Å². The van der Waals surface area contributed by atoms with Crippen LogP contribution in [-0.4, -0.2) is 68.2 Å². The molecule has 146 valence electrons. The number of piperazine rings is 1. The van der Waals surface area contributed by atoms with E-state index in [1.807, 2.05) is 49.5 Å². The van der Waals surface area contributed by atoms with Gasteiger partial charge in [0.1, 0.15) is 0 Å². The largest absolute Gasteiger partial charge is 0.394 e. The quantitative estimate of drug-likeness (QED) is 0.728. The van der Waals surface area contributed by atoms with Crippen LogP contribution < -0.4 is 0 Å². The number of fused-ring (bicyclic) bond motifs is 1. The van der Waals surface area contributed by atoms with Crippen molar-refractivity contribution in [2.45, 2.75) is 13.0 Å². The Morgan fingerprint density at radius 1 is 1.11 bits per heavy atom. The number of carbonyl (C=O) groups is 1. The van der Waals surface area contributed by atoms with Crippen molar-refractivity contribution >= 4 is 23.2 Å². The van der Waals surface area contributed by atoms with E-state index in [9.17, 15) is 9.90 Å². The number of aryl methyl sites for hydroxylation is 1. The maximum atomic E-state index is 13.0. The van der Waals surface area contributed by atoms with Crippen molar-refractivity contribution < 1.29 is 9.90 Å². The molecule has 0 aliphatic carbocycles. The molecule has 1 atom stereocenters. The predicted octanol–water partition coefficient (Wildman–Crippen LogP) is 2.18. The number of amides is 1. The average molecular weight is 400 g/mol. The van der Waals surface area contributed by atoms with Gasteiger partial charge in [-0.3, -0.25) is 14.1 Å². The first kappa shape index (κ1) is 18.9. The predicted molar refractivity (Wildman–Crippen MR) is 106 cm³/mol. The molecule has 4 rings (SSSR count). The van der Waals surface area contributed by atoms with Gasteiger partial charge in [-0.15, -0.1) is 10.2 Å². The van der Waals surface area contributed by atoms with Crippen molar-refractivity contribution in [1.29, 1.82) is 0 Å². The molecule has 1 aromatic carbocycles. The van der Waals surface area contributed by atoms with E-state index in [1.165, 1.54) is 0 Å². The van der Waals surface area contributed by atoms with Crippen LogP contribution in [0.25, 0.3) is 5.65 Å². The van der Waals surface area contributed by atoms with E-state index < -0.39 is 0 Å². The van der Waals surface area contributed by atoms with Crippen molar-refractivity contribution in [1.82, 2.24) is 24.4 Å². The SMILES string of the molecule is Cc1ccc2nnc(C(=O)N3CCN(C(CO)c4ccc(Cl)cc4)CC3)n2c1. The third-order valence-corrected chi connectivity index (χ3v) is 5.46. The summed E-state index contributed by atoms with van der Waals surface area (Å²) in [5.74, 6) is 0.216. The lowest BCUT2D eigenvalue weighted by atomic mass is 10.1. The maximum absolute atomic E-state index is 13.0. The minimum absolute atomic E-state index is 0.0175. The Labute approximate surface area is 168 Å². The number of benzene rings is 1. The highest BCUT2D eigenvalue weighted by Crippen LogP contribution is 2.24. The fourth-order valence-corrected chi connectivity index (χ4v) is 3.76. The number of aromatic nitrogens is 3. The molecule has 1 aliphatic heterocycles. The molecule has 1 fully saturated rings. The second-order valence-corrected chi connectivity index (χ2v) is 7.47. The molecule has 8 heteroatoms. The monoisotopic (exact) mass is 399 g/mol. The van der Waals surface area contributed by atoms with Crippen molar-refractivity contribution in [3.05, 3.63) is 64.6 Å². The Hall–Kier alpha value is -2.48. The van der Waals surface area contributed by atoms with E-state index >= 15 is 0 Å². The highest BCUT2D eigenvalue weighted by molar-refractivity contribution is 6.30. The molecule has 0 bridgehead atoms. The summed E-state index contributed by atoms with van der Waals surface area (Å²) in [5.41, 5.74) is 2.72. The van der Waals surface area contributed by atoms with Gasteiger partial charge in [-0.1, -0.05) is 29.8 Å². The molecule has 1 aliphatic rings. The lowest BCUT2D eigenvalue weighted by Gasteiger charge is -2.38. The molecule has 0 radical (unpaired) electrons. The summed E-state index contributed by atoms with van der Waals surface area (Å²) < 4.78 is 1.74. The molecule has 1 unspecified atom stereocenters. The number of carbonyl (C=O) groups excluding carboxylic acids is 1. The number of hydrogen-bond donors (Lipinski definition) is 1. The standard InChI is InChI=1S/C20H22ClN5O2/c1-14-2-7-18-22-23-19(26(18)12-14)20(28)25-10-8-24(9-11-25)17(13-27)15-3-5-16(21)6-4-15/h2-7,12,17,27H,8-11,13H2,1H3. The molecule has 1 amide bonds. The minimum atomic E-state index is -0.121. The topological polar surface area (TPSA) is 74.0 Å². The van der Waals surface area contributed by atoms with Gasteiger partial charge in [0.25, 0.3) is 5.91 Å². The summed E-state index contributed by atoms with van der Waals surface area (Å²) in [5, 5.41) is 18.8. The summed E-state index contributed by atoms with van der Waals surface area (Å²) in [7, 11) is 0. The number of rotatable bonds is 4. The summed E-state index contributed by atoms with van der Waals surface area (Å²) >= 11 is 5.97. The van der Waals surface area contributed by atoms with Gasteiger partial charge in [-0.25, -0.2) is 0 Å². The average Bonchev–Trinajstić information content (AvgIpc) is 3.13. The third kappa shape index (κ3) is 3.61. The van der Waals surface area contributed by atoms with Crippen LogP contribution >= 0.6 is 11.6 Å². The Morgan fingerprint density at radius 2 is 1.82 bits per heavy atom. The molecule has 2 aromatic heterocycles. The van der Waals surface area contributed by atoms with E-state index in [1.54, 1.807) is 9.30 Å². The molecule has 0 saturated carbocycles. The van der Waals surface area contributed by atoms with Crippen molar-refractivity contribution in [2.24, 2.45) is 0 Å². The number of aliphatic hydroxyl groups is 1. The molecule has 1 N–H and O–H groups in total. The van der Waals surface area contributed by atoms with Gasteiger partial charge < -0.3 is 10.0 Å². The maximum Gasteiger partial charge on any atom is 0.292 e. The zero-order chi connectivity index (χ0) is 19.7. The summed E-state index contributed by atoms with van der Waals surface area (Å²) in [6.45, 7) is 4.49. The first-order valence-electron chi connectivity index (χ1n) is 9.28. The van der Waals surface area contributed by atoms with Crippen LogP contribution in [0.4, 0.5) is 0 Å². The Morgan fingerprint density at radius 3 is 2.50 bits per heavy atom. The number of nitrogens with zero attached hydrogens (tertiary/aromatic N) is 5. The fourth-order valence-electron chi connectivity index (χ4n) is 3.64. The second-order valence-electron chi connectivity index (χ2n) is 7.04. The number of pyridine rings is 1. The van der Waals surface area contributed by atoms with Gasteiger partial charge in [0.15, 0.2) is 5.65 Å². The van der Waals surface area contributed by atoms with Gasteiger partial charge in [0, 0.05) is 37.4 Å². The number of halogens is 1. The zero-order valence-corrected chi connectivity index (χ0v) is 16.4. The van der Waals surface area contributed by atoms with Gasteiger partial charge in [0.05, 0.1) is 12.6 Å². The second kappa shape index (κ2) is 7.87. The van der Waals surface area contributed by atoms with Crippen LogP contribution in [-0.2, 0) is 0 Å². The summed E-state index contributed by atoms with van der Waals surface area (Å²) in [4.78, 5) is 17.0. The molecule has 1 saturated heterocycles. The van der Waals surface area contributed by atoms with Gasteiger partial charge in [0.2, 0.25) is 5.82 Å². The van der Waals surface area contributed by atoms with Crippen LogP contribution in [0.3, 0.4) is 0 Å². The van der Waals surface area contributed by atoms with Crippen LogP contribution in [0.15, 0.2) is 42.6 Å². The molecular formula is C20H22ClN5O2. The van der Waals surface area contributed by atoms with E-state index in [0.717, 1.165) is 11.1 Å². The van der Waals surface area contributed by atoms with Crippen molar-refractivity contribution in [2.75, 3.05) is 32.8 Å². The molecular weight excluding hydrogens is 378 g/mol. The summed E-state index contributed by atoms with van der Waals surface area (Å²) in [6.07, 6.45) is 1.88. The highest BCUT2D eigenvalue weighted by atomic mass is 35.5. The lowest BCUT2D eigenvalue weighted by molar-refractivity contribution is 0.0467. The minimum Gasteiger partial charge on any atom is -0.394 e. The smallest absolute Gasteiger partial charge is 0.292 e. The molecule has 3 heterocycles. The van der Waals surface area contributed by atoms with E-state index in [-0.39, 0.29) is 18.6 Å². The number of aliphatic hydroxyl groups excluding tert-OH is 1. The van der Waals surface area contributed by atoms with Gasteiger partial charge in [-0.05, 0) is 36.2 Å². The van der Waals surface area contributed by atoms with Gasteiger partial charge >= 0.3 is 0 Å². The van der Waals surface area contributed by atoms with Crippen LogP contribution in [0.5, 0.6) is 0 Å². The summed E-state index contributed by atoms with van der Waals surface area (Å²) in [6, 6.07) is 11.2. The Bertz CT molecular complexity index is 980. The first-order chi connectivity index (χ1) is 13.6. The van der Waals surface area contributed by atoms with E-state index in [2.05, 4.69) is 15.1 Å². The zero-order valence-electron chi connectivity index (χ0n) is 15.6. The lowest BCUT2D eigenvalue weighted by Crippen LogP contribution is -2.50. The van der Waals surface area contributed by atoms with Gasteiger partial charge in [-0.2, -0.15) is 0 Å². The van der Waals surface area contributed by atoms with Crippen LogP contribution in [0, 0.1) is 6.92 Å². The van der Waals surface area contributed by atoms with Crippen molar-refractivity contribution in [3.63, 3.8) is 0 Å². The third-order valence-electron chi connectivity index (χ3n) is 5.21. The number of hydrogen-bond acceptors (Lipinski definition) is 5. The molecule has 0 spiro atoms.